The predicted molar refractivity (Wildman–Crippen MR) is 119 cm³/mol. The van der Waals surface area contributed by atoms with Gasteiger partial charge in [-0.3, -0.25) is 4.79 Å². The normalized spacial score (nSPS) is 16.5. The van der Waals surface area contributed by atoms with E-state index in [2.05, 4.69) is 5.32 Å². The van der Waals surface area contributed by atoms with E-state index in [4.69, 9.17) is 9.47 Å². The second-order valence-corrected chi connectivity index (χ2v) is 9.58. The maximum absolute atomic E-state index is 13.3. The van der Waals surface area contributed by atoms with Gasteiger partial charge in [-0.15, -0.1) is 0 Å². The standard InChI is InChI=1S/C24H22N2O5S/c27-24(23-19-5-1-3-7-21(19)31-22-8-4-2-6-20(22)23)25-17-9-11-18(12-10-17)32(28,29)26-13-15-30-16-14-26/h1-12,23H,13-16H2,(H,25,27). The van der Waals surface area contributed by atoms with Gasteiger partial charge in [0, 0.05) is 29.9 Å². The molecule has 32 heavy (non-hydrogen) atoms. The summed E-state index contributed by atoms with van der Waals surface area (Å²) < 4.78 is 38.2. The molecule has 1 fully saturated rings. The Labute approximate surface area is 186 Å². The molecule has 1 amide bonds. The van der Waals surface area contributed by atoms with E-state index in [0.29, 0.717) is 43.5 Å². The molecule has 1 saturated heterocycles. The molecule has 5 rings (SSSR count). The summed E-state index contributed by atoms with van der Waals surface area (Å²) in [5, 5.41) is 2.93. The zero-order valence-corrected chi connectivity index (χ0v) is 18.0. The molecule has 0 unspecified atom stereocenters. The van der Waals surface area contributed by atoms with Crippen LogP contribution in [0.2, 0.25) is 0 Å². The monoisotopic (exact) mass is 450 g/mol. The number of benzene rings is 3. The number of anilines is 1. The van der Waals surface area contributed by atoms with Gasteiger partial charge in [0.15, 0.2) is 0 Å². The molecule has 8 heteroatoms. The summed E-state index contributed by atoms with van der Waals surface area (Å²) in [4.78, 5) is 13.5. The summed E-state index contributed by atoms with van der Waals surface area (Å²) in [5.74, 6) is 0.557. The lowest BCUT2D eigenvalue weighted by molar-refractivity contribution is -0.116. The van der Waals surface area contributed by atoms with Crippen LogP contribution in [0.25, 0.3) is 0 Å². The third-order valence-electron chi connectivity index (χ3n) is 5.67. The van der Waals surface area contributed by atoms with Crippen molar-refractivity contribution in [1.82, 2.24) is 4.31 Å². The number of sulfonamides is 1. The predicted octanol–water partition coefficient (Wildman–Crippen LogP) is 3.58. The number of carbonyl (C=O) groups excluding carboxylic acids is 1. The summed E-state index contributed by atoms with van der Waals surface area (Å²) >= 11 is 0. The molecule has 0 saturated carbocycles. The number of ether oxygens (including phenoxy) is 2. The van der Waals surface area contributed by atoms with E-state index in [-0.39, 0.29) is 10.8 Å². The number of rotatable bonds is 4. The topological polar surface area (TPSA) is 84.9 Å². The first-order chi connectivity index (χ1) is 15.5. The minimum atomic E-state index is -3.58. The number of carbonyl (C=O) groups is 1. The van der Waals surface area contributed by atoms with Crippen LogP contribution in [-0.2, 0) is 19.6 Å². The van der Waals surface area contributed by atoms with Crippen LogP contribution in [0.1, 0.15) is 17.0 Å². The Bertz CT molecular complexity index is 1210. The van der Waals surface area contributed by atoms with Crippen molar-refractivity contribution in [1.29, 1.82) is 0 Å². The van der Waals surface area contributed by atoms with E-state index < -0.39 is 15.9 Å². The first-order valence-electron chi connectivity index (χ1n) is 10.4. The summed E-state index contributed by atoms with van der Waals surface area (Å²) in [6, 6.07) is 21.2. The van der Waals surface area contributed by atoms with Crippen molar-refractivity contribution in [3.63, 3.8) is 0 Å². The molecule has 2 heterocycles. The van der Waals surface area contributed by atoms with Crippen molar-refractivity contribution in [3.8, 4) is 11.5 Å². The Morgan fingerprint density at radius 3 is 2.00 bits per heavy atom. The molecule has 164 valence electrons. The van der Waals surface area contributed by atoms with Crippen molar-refractivity contribution in [3.05, 3.63) is 83.9 Å². The van der Waals surface area contributed by atoms with Gasteiger partial charge in [0.05, 0.1) is 24.0 Å². The quantitative estimate of drug-likeness (QED) is 0.657. The molecule has 0 spiro atoms. The van der Waals surface area contributed by atoms with Crippen LogP contribution in [0.5, 0.6) is 11.5 Å². The molecule has 0 aliphatic carbocycles. The van der Waals surface area contributed by atoms with Gasteiger partial charge in [0.2, 0.25) is 15.9 Å². The van der Waals surface area contributed by atoms with Crippen LogP contribution < -0.4 is 10.1 Å². The summed E-state index contributed by atoms with van der Waals surface area (Å²) in [6.07, 6.45) is 0. The molecule has 1 N–H and O–H groups in total. The smallest absolute Gasteiger partial charge is 0.243 e. The minimum Gasteiger partial charge on any atom is -0.457 e. The van der Waals surface area contributed by atoms with Gasteiger partial charge >= 0.3 is 0 Å². The van der Waals surface area contributed by atoms with E-state index >= 15 is 0 Å². The fourth-order valence-corrected chi connectivity index (χ4v) is 5.46. The van der Waals surface area contributed by atoms with Crippen LogP contribution in [0.15, 0.2) is 77.7 Å². The highest BCUT2D eigenvalue weighted by atomic mass is 32.2. The average molecular weight is 451 g/mol. The Kier molecular flexibility index (Phi) is 5.42. The second-order valence-electron chi connectivity index (χ2n) is 7.64. The van der Waals surface area contributed by atoms with E-state index in [1.807, 2.05) is 48.5 Å². The van der Waals surface area contributed by atoms with Gasteiger partial charge in [0.1, 0.15) is 11.5 Å². The number of para-hydroxylation sites is 2. The highest BCUT2D eigenvalue weighted by molar-refractivity contribution is 7.89. The second kappa shape index (κ2) is 8.38. The molecule has 7 nitrogen and oxygen atoms in total. The van der Waals surface area contributed by atoms with Gasteiger partial charge in [-0.1, -0.05) is 36.4 Å². The van der Waals surface area contributed by atoms with Crippen molar-refractivity contribution in [2.75, 3.05) is 31.6 Å². The Morgan fingerprint density at radius 1 is 0.844 bits per heavy atom. The van der Waals surface area contributed by atoms with Gasteiger partial charge < -0.3 is 14.8 Å². The third kappa shape index (κ3) is 3.77. The first-order valence-corrected chi connectivity index (χ1v) is 11.8. The van der Waals surface area contributed by atoms with E-state index in [1.54, 1.807) is 12.1 Å². The maximum Gasteiger partial charge on any atom is 0.243 e. The van der Waals surface area contributed by atoms with Crippen LogP contribution >= 0.6 is 0 Å². The number of hydrogen-bond acceptors (Lipinski definition) is 5. The Hall–Kier alpha value is -3.20. The largest absolute Gasteiger partial charge is 0.457 e. The number of nitrogens with zero attached hydrogens (tertiary/aromatic N) is 1. The van der Waals surface area contributed by atoms with Crippen molar-refractivity contribution in [2.24, 2.45) is 0 Å². The fraction of sp³-hybridized carbons (Fsp3) is 0.208. The Balaban J connectivity index is 1.39. The van der Waals surface area contributed by atoms with Crippen molar-refractivity contribution < 1.29 is 22.7 Å². The fourth-order valence-electron chi connectivity index (χ4n) is 4.05. The van der Waals surface area contributed by atoms with Crippen molar-refractivity contribution >= 4 is 21.6 Å². The molecule has 0 atom stereocenters. The molecular weight excluding hydrogens is 428 g/mol. The van der Waals surface area contributed by atoms with Gasteiger partial charge in [0.25, 0.3) is 0 Å². The van der Waals surface area contributed by atoms with Crippen LogP contribution in [0.4, 0.5) is 5.69 Å². The zero-order valence-electron chi connectivity index (χ0n) is 17.2. The lowest BCUT2D eigenvalue weighted by Gasteiger charge is -2.27. The zero-order chi connectivity index (χ0) is 22.1. The highest BCUT2D eigenvalue weighted by Gasteiger charge is 2.32. The van der Waals surface area contributed by atoms with Crippen LogP contribution in [-0.4, -0.2) is 44.9 Å². The molecule has 2 aliphatic heterocycles. The molecule has 3 aromatic carbocycles. The summed E-state index contributed by atoms with van der Waals surface area (Å²) in [5.41, 5.74) is 2.10. The van der Waals surface area contributed by atoms with E-state index in [1.165, 1.54) is 16.4 Å². The van der Waals surface area contributed by atoms with Gasteiger partial charge in [-0.2, -0.15) is 4.31 Å². The van der Waals surface area contributed by atoms with Crippen molar-refractivity contribution in [2.45, 2.75) is 10.8 Å². The first kappa shape index (κ1) is 20.7. The number of fused-ring (bicyclic) bond motifs is 2. The molecule has 3 aromatic rings. The number of hydrogen-bond donors (Lipinski definition) is 1. The Morgan fingerprint density at radius 2 is 1.41 bits per heavy atom. The summed E-state index contributed by atoms with van der Waals surface area (Å²) in [7, 11) is -3.58. The number of nitrogens with one attached hydrogen (secondary N) is 1. The average Bonchev–Trinajstić information content (AvgIpc) is 2.83. The number of morpholine rings is 1. The lowest BCUT2D eigenvalue weighted by Crippen LogP contribution is -2.40. The molecule has 0 bridgehead atoms. The van der Waals surface area contributed by atoms with E-state index in [0.717, 1.165) is 11.1 Å². The van der Waals surface area contributed by atoms with Gasteiger partial charge in [-0.25, -0.2) is 8.42 Å². The molecular formula is C24H22N2O5S. The third-order valence-corrected chi connectivity index (χ3v) is 7.58. The summed E-state index contributed by atoms with van der Waals surface area (Å²) in [6.45, 7) is 1.45. The molecule has 0 aromatic heterocycles. The van der Waals surface area contributed by atoms with Crippen LogP contribution in [0.3, 0.4) is 0 Å². The SMILES string of the molecule is O=C(Nc1ccc(S(=O)(=O)N2CCOCC2)cc1)C1c2ccccc2Oc2ccccc21. The maximum atomic E-state index is 13.3. The lowest BCUT2D eigenvalue weighted by atomic mass is 9.87. The molecule has 0 radical (unpaired) electrons. The van der Waals surface area contributed by atoms with E-state index in [9.17, 15) is 13.2 Å². The van der Waals surface area contributed by atoms with Gasteiger partial charge in [-0.05, 0) is 36.4 Å². The van der Waals surface area contributed by atoms with Crippen LogP contribution in [0, 0.1) is 0 Å². The molecule has 2 aliphatic rings. The minimum absolute atomic E-state index is 0.194. The highest BCUT2D eigenvalue weighted by Crippen LogP contribution is 2.44. The number of amides is 1.